The van der Waals surface area contributed by atoms with Gasteiger partial charge in [0, 0.05) is 24.0 Å². The van der Waals surface area contributed by atoms with Crippen LogP contribution in [0.1, 0.15) is 31.9 Å². The fourth-order valence-electron chi connectivity index (χ4n) is 1.53. The van der Waals surface area contributed by atoms with E-state index in [9.17, 15) is 0 Å². The maximum absolute atomic E-state index is 6.05. The van der Waals surface area contributed by atoms with Crippen molar-refractivity contribution in [2.75, 3.05) is 19.6 Å². The first kappa shape index (κ1) is 12.1. The van der Waals surface area contributed by atoms with Crippen LogP contribution in [0.25, 0.3) is 0 Å². The second-order valence-corrected chi connectivity index (χ2v) is 3.59. The molecule has 0 aromatic carbocycles. The molecule has 0 radical (unpaired) electrons. The molecule has 15 heavy (non-hydrogen) atoms. The van der Waals surface area contributed by atoms with Crippen molar-refractivity contribution >= 4 is 0 Å². The Morgan fingerprint density at radius 3 is 2.40 bits per heavy atom. The maximum Gasteiger partial charge on any atom is 0.115 e. The molecule has 1 unspecified atom stereocenters. The Kier molecular flexibility index (Phi) is 5.21. The van der Waals surface area contributed by atoms with E-state index in [1.165, 1.54) is 6.33 Å². The standard InChI is InChI=1S/C11H20N4/c1-3-15(4-2)6-5-11(12)10-7-13-9-14-8-10/h7-9,11H,3-6,12H2,1-2H3. The van der Waals surface area contributed by atoms with Crippen LogP contribution >= 0.6 is 0 Å². The molecule has 4 nitrogen and oxygen atoms in total. The number of nitrogens with two attached hydrogens (primary N) is 1. The molecule has 0 aliphatic carbocycles. The topological polar surface area (TPSA) is 55.0 Å². The molecule has 0 aliphatic heterocycles. The Labute approximate surface area is 91.5 Å². The number of nitrogens with zero attached hydrogens (tertiary/aromatic N) is 3. The summed E-state index contributed by atoms with van der Waals surface area (Å²) in [5, 5.41) is 0. The smallest absolute Gasteiger partial charge is 0.115 e. The van der Waals surface area contributed by atoms with Gasteiger partial charge in [-0.15, -0.1) is 0 Å². The van der Waals surface area contributed by atoms with Gasteiger partial charge in [-0.1, -0.05) is 13.8 Å². The van der Waals surface area contributed by atoms with Gasteiger partial charge in [0.2, 0.25) is 0 Å². The highest BCUT2D eigenvalue weighted by molar-refractivity contribution is 5.07. The average molecular weight is 208 g/mol. The number of hydrogen-bond acceptors (Lipinski definition) is 4. The summed E-state index contributed by atoms with van der Waals surface area (Å²) in [5.74, 6) is 0. The Hall–Kier alpha value is -1.00. The predicted molar refractivity (Wildman–Crippen MR) is 61.4 cm³/mol. The minimum absolute atomic E-state index is 0.0480. The molecule has 1 atom stereocenters. The summed E-state index contributed by atoms with van der Waals surface area (Å²) < 4.78 is 0. The fourth-order valence-corrected chi connectivity index (χ4v) is 1.53. The first-order chi connectivity index (χ1) is 7.27. The quantitative estimate of drug-likeness (QED) is 0.763. The van der Waals surface area contributed by atoms with Crippen molar-refractivity contribution in [3.8, 4) is 0 Å². The van der Waals surface area contributed by atoms with Crippen LogP contribution in [0.5, 0.6) is 0 Å². The Morgan fingerprint density at radius 1 is 1.27 bits per heavy atom. The van der Waals surface area contributed by atoms with Crippen molar-refractivity contribution in [1.29, 1.82) is 0 Å². The third kappa shape index (κ3) is 3.93. The van der Waals surface area contributed by atoms with Gasteiger partial charge >= 0.3 is 0 Å². The van der Waals surface area contributed by atoms with Gasteiger partial charge in [-0.2, -0.15) is 0 Å². The lowest BCUT2D eigenvalue weighted by atomic mass is 10.1. The van der Waals surface area contributed by atoms with Gasteiger partial charge in [0.15, 0.2) is 0 Å². The fraction of sp³-hybridized carbons (Fsp3) is 0.636. The summed E-state index contributed by atoms with van der Waals surface area (Å²) in [6, 6.07) is 0.0480. The molecule has 84 valence electrons. The summed E-state index contributed by atoms with van der Waals surface area (Å²) >= 11 is 0. The van der Waals surface area contributed by atoms with Gasteiger partial charge in [0.05, 0.1) is 0 Å². The lowest BCUT2D eigenvalue weighted by Gasteiger charge is -2.20. The normalized spacial score (nSPS) is 13.1. The molecule has 2 N–H and O–H groups in total. The van der Waals surface area contributed by atoms with Gasteiger partial charge < -0.3 is 10.6 Å². The maximum atomic E-state index is 6.05. The second-order valence-electron chi connectivity index (χ2n) is 3.59. The van der Waals surface area contributed by atoms with Gasteiger partial charge in [0.25, 0.3) is 0 Å². The van der Waals surface area contributed by atoms with Gasteiger partial charge in [-0.05, 0) is 26.1 Å². The Balaban J connectivity index is 2.39. The van der Waals surface area contributed by atoms with E-state index in [1.54, 1.807) is 12.4 Å². The highest BCUT2D eigenvalue weighted by atomic mass is 15.1. The minimum atomic E-state index is 0.0480. The third-order valence-corrected chi connectivity index (χ3v) is 2.66. The van der Waals surface area contributed by atoms with Gasteiger partial charge in [0.1, 0.15) is 6.33 Å². The van der Waals surface area contributed by atoms with E-state index in [4.69, 9.17) is 5.73 Å². The van der Waals surface area contributed by atoms with Crippen LogP contribution < -0.4 is 5.73 Å². The van der Waals surface area contributed by atoms with E-state index in [0.717, 1.165) is 31.6 Å². The highest BCUT2D eigenvalue weighted by Gasteiger charge is 2.08. The van der Waals surface area contributed by atoms with Crippen molar-refractivity contribution < 1.29 is 0 Å². The van der Waals surface area contributed by atoms with Crippen LogP contribution in [0.15, 0.2) is 18.7 Å². The molecule has 0 bridgehead atoms. The van der Waals surface area contributed by atoms with Crippen LogP contribution in [0.3, 0.4) is 0 Å². The zero-order valence-corrected chi connectivity index (χ0v) is 9.56. The van der Waals surface area contributed by atoms with Crippen LogP contribution in [-0.2, 0) is 0 Å². The molecule has 0 spiro atoms. The van der Waals surface area contributed by atoms with Crippen LogP contribution in [-0.4, -0.2) is 34.5 Å². The van der Waals surface area contributed by atoms with Crippen molar-refractivity contribution in [3.63, 3.8) is 0 Å². The Morgan fingerprint density at radius 2 is 1.87 bits per heavy atom. The summed E-state index contributed by atoms with van der Waals surface area (Å²) in [6.07, 6.45) is 6.06. The van der Waals surface area contributed by atoms with E-state index in [-0.39, 0.29) is 6.04 Å². The van der Waals surface area contributed by atoms with E-state index in [2.05, 4.69) is 28.7 Å². The van der Waals surface area contributed by atoms with E-state index in [1.807, 2.05) is 0 Å². The van der Waals surface area contributed by atoms with E-state index >= 15 is 0 Å². The summed E-state index contributed by atoms with van der Waals surface area (Å²) in [4.78, 5) is 10.3. The lowest BCUT2D eigenvalue weighted by molar-refractivity contribution is 0.290. The molecule has 0 fully saturated rings. The molecule has 0 saturated carbocycles. The Bertz CT molecular complexity index is 259. The summed E-state index contributed by atoms with van der Waals surface area (Å²) in [7, 11) is 0. The summed E-state index contributed by atoms with van der Waals surface area (Å²) in [5.41, 5.74) is 7.06. The first-order valence-electron chi connectivity index (χ1n) is 5.50. The van der Waals surface area contributed by atoms with Crippen LogP contribution in [0.2, 0.25) is 0 Å². The molecule has 1 aromatic rings. The number of hydrogen-bond donors (Lipinski definition) is 1. The van der Waals surface area contributed by atoms with Crippen molar-refractivity contribution in [2.24, 2.45) is 5.73 Å². The summed E-state index contributed by atoms with van der Waals surface area (Å²) in [6.45, 7) is 7.52. The molecular weight excluding hydrogens is 188 g/mol. The second kappa shape index (κ2) is 6.48. The molecular formula is C11H20N4. The first-order valence-corrected chi connectivity index (χ1v) is 5.50. The van der Waals surface area contributed by atoms with E-state index < -0.39 is 0 Å². The van der Waals surface area contributed by atoms with E-state index in [0.29, 0.717) is 0 Å². The minimum Gasteiger partial charge on any atom is -0.324 e. The number of rotatable bonds is 6. The van der Waals surface area contributed by atoms with Crippen molar-refractivity contribution in [2.45, 2.75) is 26.3 Å². The molecule has 1 aromatic heterocycles. The molecule has 4 heteroatoms. The SMILES string of the molecule is CCN(CC)CCC(N)c1cncnc1. The number of aromatic nitrogens is 2. The van der Waals surface area contributed by atoms with Crippen molar-refractivity contribution in [3.05, 3.63) is 24.3 Å². The van der Waals surface area contributed by atoms with Gasteiger partial charge in [-0.3, -0.25) is 0 Å². The highest BCUT2D eigenvalue weighted by Crippen LogP contribution is 2.11. The third-order valence-electron chi connectivity index (χ3n) is 2.66. The predicted octanol–water partition coefficient (Wildman–Crippen LogP) is 1.21. The molecule has 0 amide bonds. The van der Waals surface area contributed by atoms with Gasteiger partial charge in [-0.25, -0.2) is 9.97 Å². The zero-order valence-electron chi connectivity index (χ0n) is 9.56. The molecule has 1 heterocycles. The lowest BCUT2D eigenvalue weighted by Crippen LogP contribution is -2.27. The van der Waals surface area contributed by atoms with Crippen LogP contribution in [0, 0.1) is 0 Å². The molecule has 0 aliphatic rings. The van der Waals surface area contributed by atoms with Crippen LogP contribution in [0.4, 0.5) is 0 Å². The monoisotopic (exact) mass is 208 g/mol. The molecule has 1 rings (SSSR count). The largest absolute Gasteiger partial charge is 0.324 e. The van der Waals surface area contributed by atoms with Crippen molar-refractivity contribution in [1.82, 2.24) is 14.9 Å². The average Bonchev–Trinajstić information content (AvgIpc) is 2.31. The molecule has 0 saturated heterocycles. The zero-order chi connectivity index (χ0) is 11.1.